The summed E-state index contributed by atoms with van der Waals surface area (Å²) < 4.78 is 13.6. The van der Waals surface area contributed by atoms with Crippen LogP contribution in [0.5, 0.6) is 0 Å². The lowest BCUT2D eigenvalue weighted by Gasteiger charge is -2.32. The quantitative estimate of drug-likeness (QED) is 0.370. The number of nitrogens with one attached hydrogen (secondary N) is 2. The summed E-state index contributed by atoms with van der Waals surface area (Å²) in [5.74, 6) is 0.171. The maximum Gasteiger partial charge on any atom is 0.494 e. The SMILES string of the molecule is CC1(C)OB(c2cccc(CC(=N)n3nc(-c4cccc(C#N)c4)ccc3=N)c2)OC1(C)C. The van der Waals surface area contributed by atoms with E-state index in [1.807, 2.05) is 58.0 Å². The summed E-state index contributed by atoms with van der Waals surface area (Å²) >= 11 is 0. The maximum absolute atomic E-state index is 9.16. The van der Waals surface area contributed by atoms with Crippen molar-refractivity contribution in [3.63, 3.8) is 0 Å². The molecule has 1 saturated heterocycles. The summed E-state index contributed by atoms with van der Waals surface area (Å²) in [6, 6.07) is 20.4. The molecule has 0 unspecified atom stereocenters. The fourth-order valence-electron chi connectivity index (χ4n) is 3.63. The average molecular weight is 439 g/mol. The third-order valence-electron chi connectivity index (χ3n) is 6.23. The van der Waals surface area contributed by atoms with Crippen molar-refractivity contribution in [2.45, 2.75) is 45.3 Å². The number of hydrogen-bond donors (Lipinski definition) is 2. The Kier molecular flexibility index (Phi) is 5.79. The van der Waals surface area contributed by atoms with Crippen LogP contribution in [0.1, 0.15) is 38.8 Å². The Balaban J connectivity index is 1.58. The van der Waals surface area contributed by atoms with Crippen LogP contribution in [0, 0.1) is 22.1 Å². The molecule has 2 N–H and O–H groups in total. The Hall–Kier alpha value is -3.54. The zero-order valence-electron chi connectivity index (χ0n) is 19.2. The van der Waals surface area contributed by atoms with Gasteiger partial charge in [0.25, 0.3) is 0 Å². The van der Waals surface area contributed by atoms with E-state index in [2.05, 4.69) is 11.2 Å². The van der Waals surface area contributed by atoms with Gasteiger partial charge in [-0.2, -0.15) is 10.4 Å². The number of nitrogens with zero attached hydrogens (tertiary/aromatic N) is 3. The van der Waals surface area contributed by atoms with Gasteiger partial charge >= 0.3 is 7.12 Å². The van der Waals surface area contributed by atoms with Crippen LogP contribution in [-0.4, -0.2) is 33.9 Å². The van der Waals surface area contributed by atoms with E-state index in [1.54, 1.807) is 30.3 Å². The van der Waals surface area contributed by atoms with E-state index in [9.17, 15) is 0 Å². The van der Waals surface area contributed by atoms with Crippen molar-refractivity contribution in [1.82, 2.24) is 9.78 Å². The third-order valence-corrected chi connectivity index (χ3v) is 6.23. The first kappa shape index (κ1) is 22.7. The van der Waals surface area contributed by atoms with E-state index in [4.69, 9.17) is 25.4 Å². The zero-order chi connectivity index (χ0) is 23.8. The molecule has 0 spiro atoms. The van der Waals surface area contributed by atoms with Gasteiger partial charge in [0.2, 0.25) is 0 Å². The topological polar surface area (TPSA) is 108 Å². The second kappa shape index (κ2) is 8.43. The predicted octanol–water partition coefficient (Wildman–Crippen LogP) is 3.27. The van der Waals surface area contributed by atoms with Crippen LogP contribution in [0.15, 0.2) is 60.7 Å². The van der Waals surface area contributed by atoms with Crippen LogP contribution < -0.4 is 11.0 Å². The molecule has 1 aromatic heterocycles. The molecule has 0 radical (unpaired) electrons. The Morgan fingerprint density at radius 2 is 1.73 bits per heavy atom. The molecule has 1 fully saturated rings. The number of aromatic nitrogens is 2. The third kappa shape index (κ3) is 4.51. The summed E-state index contributed by atoms with van der Waals surface area (Å²) in [5, 5.41) is 30.5. The van der Waals surface area contributed by atoms with Crippen LogP contribution in [0.2, 0.25) is 0 Å². The van der Waals surface area contributed by atoms with Crippen molar-refractivity contribution in [1.29, 1.82) is 16.1 Å². The molecule has 1 aliphatic rings. The molecule has 0 amide bonds. The van der Waals surface area contributed by atoms with Crippen LogP contribution in [0.4, 0.5) is 0 Å². The highest BCUT2D eigenvalue weighted by Gasteiger charge is 2.51. The van der Waals surface area contributed by atoms with E-state index in [0.29, 0.717) is 17.7 Å². The normalized spacial score (nSPS) is 16.4. The fraction of sp³-hybridized carbons (Fsp3) is 0.280. The first-order valence-corrected chi connectivity index (χ1v) is 10.8. The minimum Gasteiger partial charge on any atom is -0.399 e. The fourth-order valence-corrected chi connectivity index (χ4v) is 3.63. The van der Waals surface area contributed by atoms with E-state index < -0.39 is 18.3 Å². The molecule has 0 saturated carbocycles. The van der Waals surface area contributed by atoms with Gasteiger partial charge in [0.1, 0.15) is 11.3 Å². The Morgan fingerprint density at radius 1 is 1.03 bits per heavy atom. The lowest BCUT2D eigenvalue weighted by atomic mass is 9.78. The monoisotopic (exact) mass is 439 g/mol. The number of benzene rings is 2. The number of hydrogen-bond acceptors (Lipinski definition) is 6. The summed E-state index contributed by atoms with van der Waals surface area (Å²) in [6.07, 6.45) is 0.290. The maximum atomic E-state index is 9.16. The molecule has 7 nitrogen and oxygen atoms in total. The molecule has 2 heterocycles. The van der Waals surface area contributed by atoms with Crippen molar-refractivity contribution in [3.05, 3.63) is 77.3 Å². The first-order valence-electron chi connectivity index (χ1n) is 10.8. The van der Waals surface area contributed by atoms with Crippen LogP contribution in [-0.2, 0) is 15.7 Å². The van der Waals surface area contributed by atoms with Crippen molar-refractivity contribution < 1.29 is 9.31 Å². The van der Waals surface area contributed by atoms with E-state index in [0.717, 1.165) is 16.6 Å². The van der Waals surface area contributed by atoms with Gasteiger partial charge in [-0.3, -0.25) is 10.8 Å². The second-order valence-corrected chi connectivity index (χ2v) is 9.16. The predicted molar refractivity (Wildman–Crippen MR) is 127 cm³/mol. The molecular weight excluding hydrogens is 413 g/mol. The van der Waals surface area contributed by atoms with Gasteiger partial charge in [-0.1, -0.05) is 36.4 Å². The second-order valence-electron chi connectivity index (χ2n) is 9.16. The van der Waals surface area contributed by atoms with E-state index >= 15 is 0 Å². The van der Waals surface area contributed by atoms with Gasteiger partial charge in [0.05, 0.1) is 28.5 Å². The highest BCUT2D eigenvalue weighted by Crippen LogP contribution is 2.36. The largest absolute Gasteiger partial charge is 0.494 e. The van der Waals surface area contributed by atoms with E-state index in [1.165, 1.54) is 4.68 Å². The van der Waals surface area contributed by atoms with Gasteiger partial charge in [-0.25, -0.2) is 4.68 Å². The van der Waals surface area contributed by atoms with Gasteiger partial charge in [-0.15, -0.1) is 0 Å². The van der Waals surface area contributed by atoms with Gasteiger partial charge < -0.3 is 9.31 Å². The molecule has 166 valence electrons. The molecule has 2 aromatic carbocycles. The van der Waals surface area contributed by atoms with Crippen molar-refractivity contribution in [2.24, 2.45) is 0 Å². The average Bonchev–Trinajstić information content (AvgIpc) is 3.01. The van der Waals surface area contributed by atoms with Gasteiger partial charge in [-0.05, 0) is 63.0 Å². The lowest BCUT2D eigenvalue weighted by Crippen LogP contribution is -2.41. The minimum absolute atomic E-state index is 0.113. The van der Waals surface area contributed by atoms with Crippen LogP contribution in [0.25, 0.3) is 11.3 Å². The molecule has 0 atom stereocenters. The molecule has 33 heavy (non-hydrogen) atoms. The number of rotatable bonds is 4. The van der Waals surface area contributed by atoms with Crippen molar-refractivity contribution in [2.75, 3.05) is 0 Å². The van der Waals surface area contributed by atoms with E-state index in [-0.39, 0.29) is 11.3 Å². The Morgan fingerprint density at radius 3 is 2.42 bits per heavy atom. The molecule has 0 bridgehead atoms. The summed E-state index contributed by atoms with van der Waals surface area (Å²) in [5.41, 5.74) is 2.94. The lowest BCUT2D eigenvalue weighted by molar-refractivity contribution is 0.00578. The highest BCUT2D eigenvalue weighted by molar-refractivity contribution is 6.62. The molecule has 4 rings (SSSR count). The zero-order valence-corrected chi connectivity index (χ0v) is 19.2. The van der Waals surface area contributed by atoms with Crippen molar-refractivity contribution in [3.8, 4) is 17.3 Å². The van der Waals surface area contributed by atoms with Crippen LogP contribution in [0.3, 0.4) is 0 Å². The summed E-state index contributed by atoms with van der Waals surface area (Å²) in [4.78, 5) is 0. The first-order chi connectivity index (χ1) is 15.6. The summed E-state index contributed by atoms with van der Waals surface area (Å²) in [7, 11) is -0.475. The number of nitriles is 1. The Labute approximate surface area is 193 Å². The standard InChI is InChI=1S/C25H26BN5O2/c1-24(2)25(3,4)33-26(32-24)20-10-6-7-17(14-20)15-23(29)31-22(28)12-11-21(30-31)19-9-5-8-18(13-19)16-27/h5-14,28-29H,15H2,1-4H3. The summed E-state index contributed by atoms with van der Waals surface area (Å²) in [6.45, 7) is 8.07. The molecule has 0 aliphatic carbocycles. The molecular formula is C25H26BN5O2. The smallest absolute Gasteiger partial charge is 0.399 e. The van der Waals surface area contributed by atoms with Gasteiger partial charge in [0, 0.05) is 12.0 Å². The highest BCUT2D eigenvalue weighted by atomic mass is 16.7. The Bertz CT molecular complexity index is 1310. The minimum atomic E-state index is -0.475. The van der Waals surface area contributed by atoms with Crippen LogP contribution >= 0.6 is 0 Å². The van der Waals surface area contributed by atoms with Gasteiger partial charge in [0.15, 0.2) is 0 Å². The molecule has 1 aliphatic heterocycles. The molecule has 8 heteroatoms. The molecule has 3 aromatic rings. The van der Waals surface area contributed by atoms with Crippen molar-refractivity contribution >= 4 is 18.4 Å².